The van der Waals surface area contributed by atoms with E-state index >= 15 is 0 Å². The van der Waals surface area contributed by atoms with E-state index in [-0.39, 0.29) is 0 Å². The third-order valence-corrected chi connectivity index (χ3v) is 11.0. The van der Waals surface area contributed by atoms with Crippen LogP contribution in [0.3, 0.4) is 0 Å². The molecule has 0 radical (unpaired) electrons. The molecule has 0 bridgehead atoms. The highest BCUT2D eigenvalue weighted by atomic mass is 16.6. The smallest absolute Gasteiger partial charge is 0.235 e. The summed E-state index contributed by atoms with van der Waals surface area (Å²) >= 11 is 0. The molecule has 0 amide bonds. The Bertz CT molecular complexity index is 3350. The molecule has 11 aromatic rings. The van der Waals surface area contributed by atoms with Gasteiger partial charge < -0.3 is 14.0 Å². The molecule has 0 saturated heterocycles. The van der Waals surface area contributed by atoms with Crippen LogP contribution >= 0.6 is 0 Å². The number of ether oxygens (including phenoxy) is 2. The third kappa shape index (κ3) is 4.50. The summed E-state index contributed by atoms with van der Waals surface area (Å²) in [5.41, 5.74) is 10.2. The van der Waals surface area contributed by atoms with Gasteiger partial charge in [-0.3, -0.25) is 4.57 Å². The van der Waals surface area contributed by atoms with Gasteiger partial charge in [0.25, 0.3) is 0 Å². The van der Waals surface area contributed by atoms with E-state index in [1.165, 1.54) is 5.56 Å². The Morgan fingerprint density at radius 3 is 1.84 bits per heavy atom. The Balaban J connectivity index is 1.18. The lowest BCUT2D eigenvalue weighted by atomic mass is 10.0. The number of benzene rings is 8. The Labute approximate surface area is 321 Å². The normalized spacial score (nSPS) is 12.2. The van der Waals surface area contributed by atoms with Crippen LogP contribution in [0.25, 0.3) is 88.5 Å². The highest BCUT2D eigenvalue weighted by molar-refractivity contribution is 6.27. The molecule has 0 saturated carbocycles. The van der Waals surface area contributed by atoms with Crippen molar-refractivity contribution in [3.8, 4) is 57.0 Å². The van der Waals surface area contributed by atoms with Crippen LogP contribution in [-0.2, 0) is 0 Å². The summed E-state index contributed by atoms with van der Waals surface area (Å²) in [7, 11) is 0. The lowest BCUT2D eigenvalue weighted by molar-refractivity contribution is 0.362. The molecule has 0 aliphatic carbocycles. The van der Waals surface area contributed by atoms with Gasteiger partial charge in [0.2, 0.25) is 5.95 Å². The predicted octanol–water partition coefficient (Wildman–Crippen LogP) is 13.1. The van der Waals surface area contributed by atoms with Gasteiger partial charge in [-0.05, 0) is 65.7 Å². The van der Waals surface area contributed by atoms with Gasteiger partial charge in [0.05, 0.1) is 27.8 Å². The van der Waals surface area contributed by atoms with Crippen molar-refractivity contribution < 1.29 is 9.47 Å². The minimum absolute atomic E-state index is 0.608. The van der Waals surface area contributed by atoms with Gasteiger partial charge in [0.15, 0.2) is 23.0 Å². The van der Waals surface area contributed by atoms with Crippen LogP contribution in [0.15, 0.2) is 182 Å². The monoisotopic (exact) mass is 718 g/mol. The van der Waals surface area contributed by atoms with E-state index in [0.29, 0.717) is 28.9 Å². The molecule has 0 unspecified atom stereocenters. The van der Waals surface area contributed by atoms with Crippen molar-refractivity contribution in [1.29, 1.82) is 0 Å². The minimum Gasteiger partial charge on any atom is -0.449 e. The number of hydrogen-bond acceptors (Lipinski definition) is 4. The standard InChI is InChI=1S/C50H30N4O2/c1-3-13-31(14-4-1)32-23-25-33(26-24-32)46-37-18-7-9-19-39(37)51-50(52-46)54-40-20-10-8-17-35(40)36-27-29-41-45(47(36)54)38-28-30-44-49(56-43-22-12-11-21-42(43)55-44)48(38)53(41)34-15-5-2-6-16-34/h1-30H. The largest absolute Gasteiger partial charge is 0.449 e. The van der Waals surface area contributed by atoms with Crippen molar-refractivity contribution in [3.05, 3.63) is 182 Å². The number of para-hydroxylation sites is 5. The van der Waals surface area contributed by atoms with Crippen molar-refractivity contribution in [1.82, 2.24) is 19.1 Å². The van der Waals surface area contributed by atoms with Crippen LogP contribution in [0.4, 0.5) is 0 Å². The van der Waals surface area contributed by atoms with E-state index in [1.54, 1.807) is 0 Å². The maximum Gasteiger partial charge on any atom is 0.235 e. The second-order valence-corrected chi connectivity index (χ2v) is 14.2. The van der Waals surface area contributed by atoms with Crippen LogP contribution in [0, 0.1) is 0 Å². The quantitative estimate of drug-likeness (QED) is 0.182. The Morgan fingerprint density at radius 1 is 0.375 bits per heavy atom. The summed E-state index contributed by atoms with van der Waals surface area (Å²) in [6, 6.07) is 62.9. The first-order valence-electron chi connectivity index (χ1n) is 18.7. The summed E-state index contributed by atoms with van der Waals surface area (Å²) in [6.45, 7) is 0. The first-order chi connectivity index (χ1) is 27.8. The molecule has 0 atom stereocenters. The molecule has 6 nitrogen and oxygen atoms in total. The molecule has 1 aliphatic heterocycles. The first kappa shape index (κ1) is 30.7. The van der Waals surface area contributed by atoms with Crippen LogP contribution < -0.4 is 9.47 Å². The Morgan fingerprint density at radius 2 is 1.02 bits per heavy atom. The van der Waals surface area contributed by atoms with Crippen LogP contribution in [-0.4, -0.2) is 19.1 Å². The van der Waals surface area contributed by atoms with E-state index in [4.69, 9.17) is 19.4 Å². The fourth-order valence-corrected chi connectivity index (χ4v) is 8.51. The van der Waals surface area contributed by atoms with Crippen LogP contribution in [0.1, 0.15) is 0 Å². The molecule has 3 aromatic heterocycles. The number of nitrogens with zero attached hydrogens (tertiary/aromatic N) is 4. The van der Waals surface area contributed by atoms with Gasteiger partial charge in [0.1, 0.15) is 5.52 Å². The minimum atomic E-state index is 0.608. The van der Waals surface area contributed by atoms with E-state index in [0.717, 1.165) is 77.0 Å². The molecule has 0 fully saturated rings. The molecule has 262 valence electrons. The first-order valence-corrected chi connectivity index (χ1v) is 18.7. The predicted molar refractivity (Wildman–Crippen MR) is 226 cm³/mol. The molecule has 6 heteroatoms. The van der Waals surface area contributed by atoms with Gasteiger partial charge in [0, 0.05) is 38.2 Å². The van der Waals surface area contributed by atoms with Crippen molar-refractivity contribution in [2.24, 2.45) is 0 Å². The second kappa shape index (κ2) is 11.9. The summed E-state index contributed by atoms with van der Waals surface area (Å²) < 4.78 is 17.8. The van der Waals surface area contributed by atoms with Gasteiger partial charge in [-0.1, -0.05) is 127 Å². The molecule has 4 heterocycles. The fraction of sp³-hybridized carbons (Fsp3) is 0. The van der Waals surface area contributed by atoms with Crippen molar-refractivity contribution >= 4 is 54.5 Å². The molecular formula is C50H30N4O2. The topological polar surface area (TPSA) is 54.1 Å². The molecular weight excluding hydrogens is 689 g/mol. The maximum atomic E-state index is 6.74. The highest BCUT2D eigenvalue weighted by Gasteiger charge is 2.28. The van der Waals surface area contributed by atoms with Crippen molar-refractivity contribution in [2.45, 2.75) is 0 Å². The number of rotatable bonds is 4. The summed E-state index contributed by atoms with van der Waals surface area (Å²) in [6.07, 6.45) is 0. The third-order valence-electron chi connectivity index (χ3n) is 11.0. The van der Waals surface area contributed by atoms with Crippen molar-refractivity contribution in [3.63, 3.8) is 0 Å². The lowest BCUT2D eigenvalue weighted by Crippen LogP contribution is -2.03. The molecule has 1 aliphatic rings. The van der Waals surface area contributed by atoms with Crippen molar-refractivity contribution in [2.75, 3.05) is 0 Å². The zero-order valence-electron chi connectivity index (χ0n) is 29.9. The SMILES string of the molecule is c1ccc(-c2ccc(-c3nc(-n4c5ccccc5c5ccc6c(c7ccc8c(c7n6-c6ccccc6)Oc6ccccc6O8)c54)nc4ccccc34)cc2)cc1. The summed E-state index contributed by atoms with van der Waals surface area (Å²) in [5, 5.41) is 5.36. The van der Waals surface area contributed by atoms with Gasteiger partial charge in [-0.15, -0.1) is 0 Å². The Kier molecular flexibility index (Phi) is 6.53. The zero-order chi connectivity index (χ0) is 36.7. The molecule has 8 aromatic carbocycles. The van der Waals surface area contributed by atoms with Crippen LogP contribution in [0.2, 0.25) is 0 Å². The molecule has 12 rings (SSSR count). The molecule has 0 N–H and O–H groups in total. The van der Waals surface area contributed by atoms with Gasteiger partial charge in [-0.2, -0.15) is 0 Å². The van der Waals surface area contributed by atoms with E-state index in [1.807, 2.05) is 48.5 Å². The summed E-state index contributed by atoms with van der Waals surface area (Å²) in [5.74, 6) is 3.35. The van der Waals surface area contributed by atoms with E-state index in [2.05, 4.69) is 143 Å². The summed E-state index contributed by atoms with van der Waals surface area (Å²) in [4.78, 5) is 10.8. The van der Waals surface area contributed by atoms with E-state index < -0.39 is 0 Å². The van der Waals surface area contributed by atoms with E-state index in [9.17, 15) is 0 Å². The number of aromatic nitrogens is 4. The average molecular weight is 719 g/mol. The zero-order valence-corrected chi connectivity index (χ0v) is 29.9. The Hall–Kier alpha value is -7.70. The molecule has 0 spiro atoms. The molecule has 56 heavy (non-hydrogen) atoms. The fourth-order valence-electron chi connectivity index (χ4n) is 8.51. The number of hydrogen-bond donors (Lipinski definition) is 0. The second-order valence-electron chi connectivity index (χ2n) is 14.2. The van der Waals surface area contributed by atoms with Gasteiger partial charge >= 0.3 is 0 Å². The number of fused-ring (bicyclic) bond motifs is 11. The highest BCUT2D eigenvalue weighted by Crippen LogP contribution is 2.52. The van der Waals surface area contributed by atoms with Gasteiger partial charge in [-0.25, -0.2) is 9.97 Å². The van der Waals surface area contributed by atoms with Crippen LogP contribution in [0.5, 0.6) is 23.0 Å². The average Bonchev–Trinajstić information content (AvgIpc) is 3.79. The lowest BCUT2D eigenvalue weighted by Gasteiger charge is -2.22. The maximum absolute atomic E-state index is 6.74.